The molecule has 1 aliphatic rings. The number of carbonyl (C=O) groups excluding carboxylic acids is 2. The van der Waals surface area contributed by atoms with Crippen molar-refractivity contribution >= 4 is 11.8 Å². The number of halogens is 2. The summed E-state index contributed by atoms with van der Waals surface area (Å²) in [6.07, 6.45) is 1.94. The summed E-state index contributed by atoms with van der Waals surface area (Å²) in [7, 11) is 0. The molecular formula is C21H26F2N2O2. The maximum Gasteiger partial charge on any atom is 0.251 e. The summed E-state index contributed by atoms with van der Waals surface area (Å²) >= 11 is 0. The molecule has 2 amide bonds. The normalized spacial score (nSPS) is 15.7. The first-order valence-electron chi connectivity index (χ1n) is 8.88. The van der Waals surface area contributed by atoms with Crippen LogP contribution >= 0.6 is 0 Å². The number of hydrogen-bond donors (Lipinski definition) is 2. The SMILES string of the molecule is C=C.CC(C(F)F)C(NC(=O)c1ccc(C#CC2CCCC2)cc1)C(N)=O. The molecule has 0 heterocycles. The number of benzene rings is 1. The highest BCUT2D eigenvalue weighted by atomic mass is 19.3. The molecule has 1 fully saturated rings. The molecule has 146 valence electrons. The Kier molecular flexibility index (Phi) is 9.21. The Hall–Kier alpha value is -2.68. The Bertz CT molecular complexity index is 686. The fraction of sp³-hybridized carbons (Fsp3) is 0.429. The number of carbonyl (C=O) groups is 2. The Morgan fingerprint density at radius 1 is 1.19 bits per heavy atom. The van der Waals surface area contributed by atoms with Gasteiger partial charge in [0.25, 0.3) is 5.91 Å². The van der Waals surface area contributed by atoms with Gasteiger partial charge in [0.15, 0.2) is 0 Å². The van der Waals surface area contributed by atoms with Crippen molar-refractivity contribution in [2.24, 2.45) is 17.6 Å². The first-order valence-corrected chi connectivity index (χ1v) is 8.88. The topological polar surface area (TPSA) is 72.2 Å². The van der Waals surface area contributed by atoms with Crippen molar-refractivity contribution < 1.29 is 18.4 Å². The van der Waals surface area contributed by atoms with Crippen LogP contribution in [0.1, 0.15) is 48.5 Å². The van der Waals surface area contributed by atoms with Gasteiger partial charge >= 0.3 is 0 Å². The molecule has 0 radical (unpaired) electrons. The quantitative estimate of drug-likeness (QED) is 0.610. The molecule has 0 saturated heterocycles. The average molecular weight is 376 g/mol. The predicted molar refractivity (Wildman–Crippen MR) is 102 cm³/mol. The lowest BCUT2D eigenvalue weighted by atomic mass is 10.0. The summed E-state index contributed by atoms with van der Waals surface area (Å²) in [5.74, 6) is 3.79. The van der Waals surface area contributed by atoms with Crippen LogP contribution in [0.3, 0.4) is 0 Å². The van der Waals surface area contributed by atoms with E-state index >= 15 is 0 Å². The van der Waals surface area contributed by atoms with Gasteiger partial charge in [0.05, 0.1) is 0 Å². The summed E-state index contributed by atoms with van der Waals surface area (Å²) in [5.41, 5.74) is 6.17. The van der Waals surface area contributed by atoms with Gasteiger partial charge in [0, 0.05) is 23.0 Å². The van der Waals surface area contributed by atoms with Crippen LogP contribution in [0.25, 0.3) is 0 Å². The van der Waals surface area contributed by atoms with Gasteiger partial charge in [-0.25, -0.2) is 8.78 Å². The summed E-state index contributed by atoms with van der Waals surface area (Å²) < 4.78 is 25.6. The van der Waals surface area contributed by atoms with Crippen LogP contribution in [-0.4, -0.2) is 24.3 Å². The molecule has 6 heteroatoms. The first-order chi connectivity index (χ1) is 12.9. The van der Waals surface area contributed by atoms with Crippen molar-refractivity contribution in [3.63, 3.8) is 0 Å². The number of alkyl halides is 2. The second-order valence-electron chi connectivity index (χ2n) is 6.38. The maximum atomic E-state index is 12.8. The van der Waals surface area contributed by atoms with Gasteiger partial charge < -0.3 is 11.1 Å². The number of primary amides is 1. The van der Waals surface area contributed by atoms with Gasteiger partial charge in [-0.3, -0.25) is 9.59 Å². The van der Waals surface area contributed by atoms with Crippen molar-refractivity contribution in [3.05, 3.63) is 48.6 Å². The third-order valence-electron chi connectivity index (χ3n) is 4.44. The number of nitrogens with one attached hydrogen (secondary N) is 1. The molecule has 1 aromatic carbocycles. The number of rotatable bonds is 5. The first kappa shape index (κ1) is 22.4. The molecular weight excluding hydrogens is 350 g/mol. The lowest BCUT2D eigenvalue weighted by Gasteiger charge is -2.21. The highest BCUT2D eigenvalue weighted by Gasteiger charge is 2.31. The molecule has 1 aliphatic carbocycles. The Labute approximate surface area is 159 Å². The van der Waals surface area contributed by atoms with Crippen molar-refractivity contribution in [1.29, 1.82) is 0 Å². The highest BCUT2D eigenvalue weighted by molar-refractivity contribution is 5.97. The van der Waals surface area contributed by atoms with Crippen molar-refractivity contribution in [2.45, 2.75) is 45.1 Å². The molecule has 4 nitrogen and oxygen atoms in total. The molecule has 27 heavy (non-hydrogen) atoms. The number of hydrogen-bond acceptors (Lipinski definition) is 2. The van der Waals surface area contributed by atoms with E-state index in [9.17, 15) is 18.4 Å². The lowest BCUT2D eigenvalue weighted by Crippen LogP contribution is -2.50. The van der Waals surface area contributed by atoms with Gasteiger partial charge in [-0.1, -0.05) is 31.6 Å². The molecule has 2 rings (SSSR count). The zero-order valence-electron chi connectivity index (χ0n) is 15.5. The minimum Gasteiger partial charge on any atom is -0.368 e. The molecule has 0 aliphatic heterocycles. The van der Waals surface area contributed by atoms with Crippen LogP contribution < -0.4 is 11.1 Å². The zero-order chi connectivity index (χ0) is 20.4. The van der Waals surface area contributed by atoms with Crippen molar-refractivity contribution in [2.75, 3.05) is 0 Å². The van der Waals surface area contributed by atoms with E-state index in [0.717, 1.165) is 18.4 Å². The van der Waals surface area contributed by atoms with E-state index in [1.54, 1.807) is 24.3 Å². The van der Waals surface area contributed by atoms with Crippen LogP contribution in [0.4, 0.5) is 8.78 Å². The van der Waals surface area contributed by atoms with Crippen LogP contribution in [0.15, 0.2) is 37.4 Å². The van der Waals surface area contributed by atoms with E-state index in [1.807, 2.05) is 0 Å². The van der Waals surface area contributed by atoms with Gasteiger partial charge in [0.2, 0.25) is 12.3 Å². The fourth-order valence-corrected chi connectivity index (χ4v) is 2.79. The number of amides is 2. The van der Waals surface area contributed by atoms with Crippen molar-refractivity contribution in [1.82, 2.24) is 5.32 Å². The van der Waals surface area contributed by atoms with Gasteiger partial charge in [-0.15, -0.1) is 13.2 Å². The predicted octanol–water partition coefficient (Wildman–Crippen LogP) is 3.52. The van der Waals surface area contributed by atoms with Gasteiger partial charge in [-0.2, -0.15) is 0 Å². The largest absolute Gasteiger partial charge is 0.368 e. The standard InChI is InChI=1S/C19H22F2N2O2.C2H4/c1-12(17(20)21)16(18(22)24)23-19(25)15-10-8-14(9-11-15)7-6-13-4-2-3-5-13;1-2/h8-13,16-17H,2-5H2,1H3,(H2,22,24)(H,23,25);1-2H2. The monoisotopic (exact) mass is 376 g/mol. The summed E-state index contributed by atoms with van der Waals surface area (Å²) in [6.45, 7) is 7.17. The van der Waals surface area contributed by atoms with E-state index in [4.69, 9.17) is 5.73 Å². The smallest absolute Gasteiger partial charge is 0.251 e. The third-order valence-corrected chi connectivity index (χ3v) is 4.44. The minimum atomic E-state index is -2.76. The van der Waals surface area contributed by atoms with Crippen LogP contribution in [0, 0.1) is 23.7 Å². The molecule has 2 atom stereocenters. The van der Waals surface area contributed by atoms with E-state index in [-0.39, 0.29) is 5.56 Å². The molecule has 0 spiro atoms. The van der Waals surface area contributed by atoms with E-state index in [0.29, 0.717) is 5.92 Å². The van der Waals surface area contributed by atoms with Crippen molar-refractivity contribution in [3.8, 4) is 11.8 Å². The molecule has 0 aromatic heterocycles. The Morgan fingerprint density at radius 2 is 1.74 bits per heavy atom. The molecule has 0 bridgehead atoms. The summed E-state index contributed by atoms with van der Waals surface area (Å²) in [6, 6.07) is 5.09. The number of nitrogens with two attached hydrogens (primary N) is 1. The second kappa shape index (κ2) is 11.1. The minimum absolute atomic E-state index is 0.263. The van der Waals surface area contributed by atoms with Gasteiger partial charge in [-0.05, 0) is 37.1 Å². The zero-order valence-corrected chi connectivity index (χ0v) is 15.5. The average Bonchev–Trinajstić information content (AvgIpc) is 3.19. The second-order valence-corrected chi connectivity index (χ2v) is 6.38. The summed E-state index contributed by atoms with van der Waals surface area (Å²) in [4.78, 5) is 23.5. The van der Waals surface area contributed by atoms with Crippen LogP contribution in [0.2, 0.25) is 0 Å². The molecule has 1 saturated carbocycles. The van der Waals surface area contributed by atoms with E-state index in [1.165, 1.54) is 19.8 Å². The molecule has 3 N–H and O–H groups in total. The van der Waals surface area contributed by atoms with E-state index in [2.05, 4.69) is 30.3 Å². The molecule has 1 aromatic rings. The Morgan fingerprint density at radius 3 is 2.22 bits per heavy atom. The molecule has 2 unspecified atom stereocenters. The van der Waals surface area contributed by atoms with Crippen LogP contribution in [-0.2, 0) is 4.79 Å². The summed E-state index contributed by atoms with van der Waals surface area (Å²) in [5, 5.41) is 2.28. The highest BCUT2D eigenvalue weighted by Crippen LogP contribution is 2.23. The third kappa shape index (κ3) is 6.86. The Balaban J connectivity index is 0.00000176. The fourth-order valence-electron chi connectivity index (χ4n) is 2.79. The lowest BCUT2D eigenvalue weighted by molar-refractivity contribution is -0.122. The van der Waals surface area contributed by atoms with Gasteiger partial charge in [0.1, 0.15) is 6.04 Å². The maximum absolute atomic E-state index is 12.8. The van der Waals surface area contributed by atoms with Crippen LogP contribution in [0.5, 0.6) is 0 Å². The van der Waals surface area contributed by atoms with E-state index < -0.39 is 30.2 Å².